The van der Waals surface area contributed by atoms with E-state index in [1.165, 1.54) is 18.4 Å². The van der Waals surface area contributed by atoms with E-state index in [0.717, 1.165) is 43.3 Å². The van der Waals surface area contributed by atoms with E-state index in [-0.39, 0.29) is 79.2 Å². The van der Waals surface area contributed by atoms with E-state index in [1.807, 2.05) is 12.2 Å². The number of ketones is 1. The van der Waals surface area contributed by atoms with Crippen LogP contribution in [0.25, 0.3) is 0 Å². The number of carbonyl (C=O) groups is 3. The molecule has 3 unspecified atom stereocenters. The zero-order chi connectivity index (χ0) is 40.6. The van der Waals surface area contributed by atoms with Gasteiger partial charge in [-0.15, -0.1) is 41.1 Å². The molecule has 4 bridgehead atoms. The van der Waals surface area contributed by atoms with Gasteiger partial charge in [0, 0.05) is 23.2 Å². The fourth-order valence-electron chi connectivity index (χ4n) is 13.3. The molecule has 5 fully saturated rings. The minimum absolute atomic E-state index is 0. The maximum Gasteiger partial charge on any atom is 0.321 e. The van der Waals surface area contributed by atoms with Gasteiger partial charge in [0.2, 0.25) is 0 Å². The Morgan fingerprint density at radius 3 is 1.65 bits per heavy atom. The number of esters is 2. The number of allylic oxidation sites excluding steroid dienone is 6. The Hall–Kier alpha value is -0.820. The van der Waals surface area contributed by atoms with Crippen molar-refractivity contribution in [2.75, 3.05) is 11.8 Å². The maximum absolute atomic E-state index is 13.1. The topological polar surface area (TPSA) is 69.7 Å². The molecule has 0 radical (unpaired) electrons. The van der Waals surface area contributed by atoms with Crippen LogP contribution in [0.2, 0.25) is 0 Å². The molecular formula is C45H71Cl2O5P3. The van der Waals surface area contributed by atoms with Crippen molar-refractivity contribution in [1.82, 2.24) is 0 Å². The normalized spacial score (nSPS) is 42.3. The van der Waals surface area contributed by atoms with Crippen LogP contribution in [0.4, 0.5) is 0 Å². The summed E-state index contributed by atoms with van der Waals surface area (Å²) in [6, 6.07) is 0. The van der Waals surface area contributed by atoms with Crippen LogP contribution >= 0.6 is 51.0 Å². The first-order valence-corrected chi connectivity index (χ1v) is 23.8. The van der Waals surface area contributed by atoms with Gasteiger partial charge >= 0.3 is 11.9 Å². The number of hydrogen-bond donors (Lipinski definition) is 0. The highest BCUT2D eigenvalue weighted by Crippen LogP contribution is 2.70. The summed E-state index contributed by atoms with van der Waals surface area (Å²) in [5, 5.41) is 0. The first-order chi connectivity index (χ1) is 25.4. The molecule has 6 aliphatic carbocycles. The third kappa shape index (κ3) is 8.09. The summed E-state index contributed by atoms with van der Waals surface area (Å²) in [6.45, 7) is 32.5. The zero-order valence-corrected chi connectivity index (χ0v) is 40.0. The van der Waals surface area contributed by atoms with Gasteiger partial charge < -0.3 is 9.47 Å². The van der Waals surface area contributed by atoms with Crippen molar-refractivity contribution in [1.29, 1.82) is 0 Å². The highest BCUT2D eigenvalue weighted by molar-refractivity contribution is 7.92. The molecule has 0 heterocycles. The monoisotopic (exact) mass is 854 g/mol. The number of alkyl halides is 2. The van der Waals surface area contributed by atoms with E-state index in [4.69, 9.17) is 32.7 Å². The second-order valence-electron chi connectivity index (χ2n) is 18.1. The first-order valence-electron chi connectivity index (χ1n) is 20.1. The van der Waals surface area contributed by atoms with E-state index in [9.17, 15) is 14.4 Å². The quantitative estimate of drug-likeness (QED) is 0.0800. The highest BCUT2D eigenvalue weighted by atomic mass is 35.5. The van der Waals surface area contributed by atoms with E-state index < -0.39 is 5.97 Å². The molecule has 0 spiro atoms. The van der Waals surface area contributed by atoms with Crippen molar-refractivity contribution in [2.45, 2.75) is 118 Å². The van der Waals surface area contributed by atoms with Gasteiger partial charge in [0.1, 0.15) is 29.8 Å². The average Bonchev–Trinajstić information content (AvgIpc) is 3.69. The summed E-state index contributed by atoms with van der Waals surface area (Å²) >= 11 is 11.5. The Bertz CT molecular complexity index is 1490. The molecule has 0 N–H and O–H groups in total. The van der Waals surface area contributed by atoms with Crippen LogP contribution in [0.5, 0.6) is 0 Å². The summed E-state index contributed by atoms with van der Waals surface area (Å²) in [5.74, 6) is 1.86. The Kier molecular flexibility index (Phi) is 16.8. The largest absolute Gasteiger partial charge is 0.461 e. The standard InChI is InChI=1S/C23H33ClO2.C22H31ClO3.H4P2.H3P/c1-7-14(2)18-12-19(26-20(25)13-24)22(6)16(4)9-11-23(17(18)5)10-8-15(3)21(22)23;1-6-13(2)16-11-18(26-19(25)12-23)21(5)14(3)7-9-22(15(16)4)10-8-17(24)20(21)22;1-2;/h7-8,16-19,21H,1-2,9-13H2,3-6H3;6,14-16,18,20H,1-2,7-12H2,3-5H3;1-2H2;1H3/t16-,17+,18+,19-,21+,22+,23-;14-,15+,16+,18-,20+,21+,22+;;/m11../s1. The van der Waals surface area contributed by atoms with Crippen LogP contribution in [0, 0.1) is 69.0 Å². The summed E-state index contributed by atoms with van der Waals surface area (Å²) in [5.41, 5.74) is 3.34. The third-order valence-electron chi connectivity index (χ3n) is 16.6. The molecule has 5 saturated carbocycles. The minimum Gasteiger partial charge on any atom is -0.461 e. The maximum atomic E-state index is 13.1. The molecule has 0 aromatic rings. The molecule has 55 heavy (non-hydrogen) atoms. The lowest BCUT2D eigenvalue weighted by molar-refractivity contribution is -0.172. The van der Waals surface area contributed by atoms with E-state index >= 15 is 0 Å². The SMILES string of the molecule is C=CC(=C)[C@@H]1C[C@@H](OC(=O)CCl)[C@]2(C)[C@H](C)CC[C@]3(CC=C(C)[C@H]32)[C@H]1C.C=CC(=C)[C@@H]1C[C@@H](OC(=O)CCl)[C@]2(C)[C@H](C)CC[C@]3(CCC(=O)[C@H]32)[C@H]1C.P.PP. The fraction of sp³-hybridized carbons (Fsp3) is 0.711. The summed E-state index contributed by atoms with van der Waals surface area (Å²) in [4.78, 5) is 37.4. The first kappa shape index (κ1) is 48.5. The molecule has 17 atom stereocenters. The molecule has 10 heteroatoms. The summed E-state index contributed by atoms with van der Waals surface area (Å²) < 4.78 is 11.9. The predicted molar refractivity (Wildman–Crippen MR) is 242 cm³/mol. The summed E-state index contributed by atoms with van der Waals surface area (Å²) in [6.07, 6.45) is 14.5. The second-order valence-corrected chi connectivity index (χ2v) is 18.6. The number of halogens is 2. The van der Waals surface area contributed by atoms with Crippen LogP contribution in [-0.4, -0.2) is 41.7 Å². The smallest absolute Gasteiger partial charge is 0.321 e. The third-order valence-corrected chi connectivity index (χ3v) is 17.0. The number of hydrogen-bond acceptors (Lipinski definition) is 5. The molecule has 0 aliphatic heterocycles. The van der Waals surface area contributed by atoms with Crippen molar-refractivity contribution < 1.29 is 23.9 Å². The van der Waals surface area contributed by atoms with E-state index in [1.54, 1.807) is 0 Å². The Balaban J connectivity index is 0.000000278. The lowest BCUT2D eigenvalue weighted by Crippen LogP contribution is -2.55. The molecule has 0 saturated heterocycles. The van der Waals surface area contributed by atoms with Gasteiger partial charge in [-0.1, -0.05) is 103 Å². The molecule has 0 amide bonds. The van der Waals surface area contributed by atoms with Crippen molar-refractivity contribution in [3.05, 3.63) is 61.3 Å². The van der Waals surface area contributed by atoms with Gasteiger partial charge in [-0.25, -0.2) is 0 Å². The molecule has 0 aromatic carbocycles. The number of Topliss-reactive ketones (excluding diaryl/α,β-unsaturated/α-hetero) is 1. The number of ether oxygens (including phenoxy) is 2. The molecular weight excluding hydrogens is 784 g/mol. The van der Waals surface area contributed by atoms with Gasteiger partial charge in [0.25, 0.3) is 0 Å². The van der Waals surface area contributed by atoms with Crippen LogP contribution in [0.1, 0.15) is 106 Å². The number of carbonyl (C=O) groups excluding carboxylic acids is 3. The van der Waals surface area contributed by atoms with Gasteiger partial charge in [-0.3, -0.25) is 14.4 Å². The van der Waals surface area contributed by atoms with Crippen molar-refractivity contribution in [3.63, 3.8) is 0 Å². The van der Waals surface area contributed by atoms with Crippen molar-refractivity contribution in [2.24, 2.45) is 69.0 Å². The molecule has 6 aliphatic rings. The van der Waals surface area contributed by atoms with E-state index in [2.05, 4.69) is 98.7 Å². The van der Waals surface area contributed by atoms with Crippen molar-refractivity contribution in [3.8, 4) is 0 Å². The average molecular weight is 856 g/mol. The minimum atomic E-state index is -0.399. The van der Waals surface area contributed by atoms with Gasteiger partial charge in [0.05, 0.1) is 0 Å². The highest BCUT2D eigenvalue weighted by Gasteiger charge is 2.68. The molecule has 0 aromatic heterocycles. The summed E-state index contributed by atoms with van der Waals surface area (Å²) in [7, 11) is 4.67. The van der Waals surface area contributed by atoms with Gasteiger partial charge in [-0.2, -0.15) is 9.90 Å². The van der Waals surface area contributed by atoms with Crippen LogP contribution < -0.4 is 0 Å². The molecule has 5 nitrogen and oxygen atoms in total. The molecule has 6 rings (SSSR count). The van der Waals surface area contributed by atoms with Crippen LogP contribution in [0.15, 0.2) is 61.3 Å². The lowest BCUT2D eigenvalue weighted by atomic mass is 9.48. The van der Waals surface area contributed by atoms with Crippen LogP contribution in [-0.2, 0) is 23.9 Å². The lowest BCUT2D eigenvalue weighted by Gasteiger charge is -2.57. The van der Waals surface area contributed by atoms with Gasteiger partial charge in [0.15, 0.2) is 0 Å². The number of rotatable bonds is 8. The Labute approximate surface area is 351 Å². The van der Waals surface area contributed by atoms with Crippen LogP contribution in [0.3, 0.4) is 0 Å². The van der Waals surface area contributed by atoms with E-state index in [0.29, 0.717) is 48.2 Å². The molecule has 310 valence electrons. The second kappa shape index (κ2) is 19.1. The fourth-order valence-corrected chi connectivity index (χ4v) is 13.4. The zero-order valence-electron chi connectivity index (χ0n) is 34.8. The van der Waals surface area contributed by atoms with Crippen molar-refractivity contribution >= 4 is 68.7 Å². The Morgan fingerprint density at radius 2 is 1.22 bits per heavy atom. The predicted octanol–water partition coefficient (Wildman–Crippen LogP) is 11.6. The van der Waals surface area contributed by atoms with Gasteiger partial charge in [-0.05, 0) is 111 Å². The Morgan fingerprint density at radius 1 is 0.800 bits per heavy atom.